The molecule has 2 N–H and O–H groups in total. The highest BCUT2D eigenvalue weighted by molar-refractivity contribution is 14.1. The number of piperidine rings is 1. The minimum absolute atomic E-state index is 0. The van der Waals surface area contributed by atoms with E-state index in [1.54, 1.807) is 7.11 Å². The number of rotatable bonds is 5. The zero-order chi connectivity index (χ0) is 14.4. The maximum absolute atomic E-state index is 12.0. The average molecular weight is 425 g/mol. The topological polar surface area (TPSA) is 50.4 Å². The smallest absolute Gasteiger partial charge is 0.224 e. The molecule has 0 unspecified atom stereocenters. The molecule has 0 aromatic heterocycles. The van der Waals surface area contributed by atoms with Gasteiger partial charge >= 0.3 is 0 Å². The number of anilines is 1. The number of methoxy groups -OCH3 is 1. The van der Waals surface area contributed by atoms with Crippen LogP contribution in [-0.4, -0.2) is 26.1 Å². The fourth-order valence-corrected chi connectivity index (χ4v) is 2.92. The summed E-state index contributed by atoms with van der Waals surface area (Å²) in [6, 6.07) is 5.71. The quantitative estimate of drug-likeness (QED) is 0.712. The Hall–Kier alpha value is -0.530. The molecule has 0 atom stereocenters. The Bertz CT molecular complexity index is 465. The van der Waals surface area contributed by atoms with Crippen LogP contribution in [0.3, 0.4) is 0 Å². The fraction of sp³-hybridized carbons (Fsp3) is 0.533. The van der Waals surface area contributed by atoms with Crippen molar-refractivity contribution in [2.75, 3.05) is 25.5 Å². The molecule has 6 heteroatoms. The molecule has 1 saturated heterocycles. The Kier molecular flexibility index (Phi) is 8.36. The van der Waals surface area contributed by atoms with Crippen LogP contribution >= 0.6 is 35.0 Å². The summed E-state index contributed by atoms with van der Waals surface area (Å²) in [7, 11) is 1.63. The van der Waals surface area contributed by atoms with Crippen LogP contribution in [0.2, 0.25) is 0 Å². The molecule has 0 saturated carbocycles. The zero-order valence-corrected chi connectivity index (χ0v) is 15.1. The van der Waals surface area contributed by atoms with Crippen molar-refractivity contribution < 1.29 is 9.53 Å². The molecule has 0 spiro atoms. The number of carbonyl (C=O) groups is 1. The molecule has 21 heavy (non-hydrogen) atoms. The lowest BCUT2D eigenvalue weighted by atomic mass is 9.93. The lowest BCUT2D eigenvalue weighted by Crippen LogP contribution is -2.28. The Morgan fingerprint density at radius 1 is 1.43 bits per heavy atom. The van der Waals surface area contributed by atoms with E-state index in [0.29, 0.717) is 12.3 Å². The minimum atomic E-state index is 0. The molecule has 1 aliphatic rings. The van der Waals surface area contributed by atoms with Crippen molar-refractivity contribution in [3.63, 3.8) is 0 Å². The van der Waals surface area contributed by atoms with Crippen LogP contribution in [0.15, 0.2) is 18.2 Å². The molecule has 118 valence electrons. The summed E-state index contributed by atoms with van der Waals surface area (Å²) in [6.07, 6.45) is 3.94. The van der Waals surface area contributed by atoms with Crippen molar-refractivity contribution in [1.29, 1.82) is 0 Å². The molecule has 1 heterocycles. The second-order valence-corrected chi connectivity index (χ2v) is 6.29. The Labute approximate surface area is 145 Å². The number of nitrogens with one attached hydrogen (secondary N) is 2. The van der Waals surface area contributed by atoms with Crippen molar-refractivity contribution in [1.82, 2.24) is 5.32 Å². The maximum atomic E-state index is 12.0. The summed E-state index contributed by atoms with van der Waals surface area (Å²) >= 11 is 2.22. The summed E-state index contributed by atoms with van der Waals surface area (Å²) in [4.78, 5) is 12.0. The van der Waals surface area contributed by atoms with Gasteiger partial charge in [0.2, 0.25) is 5.91 Å². The fourth-order valence-electron chi connectivity index (χ4n) is 2.45. The maximum Gasteiger partial charge on any atom is 0.224 e. The summed E-state index contributed by atoms with van der Waals surface area (Å²) in [5, 5.41) is 6.33. The van der Waals surface area contributed by atoms with E-state index in [2.05, 4.69) is 33.2 Å². The van der Waals surface area contributed by atoms with Gasteiger partial charge in [-0.1, -0.05) is 0 Å². The van der Waals surface area contributed by atoms with Crippen LogP contribution in [0.4, 0.5) is 5.69 Å². The normalized spacial score (nSPS) is 15.1. The van der Waals surface area contributed by atoms with Gasteiger partial charge in [-0.2, -0.15) is 0 Å². The van der Waals surface area contributed by atoms with Gasteiger partial charge in [-0.15, -0.1) is 12.4 Å². The Morgan fingerprint density at radius 3 is 2.81 bits per heavy atom. The molecular weight excluding hydrogens is 403 g/mol. The van der Waals surface area contributed by atoms with Gasteiger partial charge in [0.1, 0.15) is 5.75 Å². The average Bonchev–Trinajstić information content (AvgIpc) is 2.48. The second kappa shape index (κ2) is 9.48. The summed E-state index contributed by atoms with van der Waals surface area (Å²) in [5.41, 5.74) is 0.834. The van der Waals surface area contributed by atoms with Gasteiger partial charge in [0.25, 0.3) is 0 Å². The first kappa shape index (κ1) is 18.5. The lowest BCUT2D eigenvalue weighted by Gasteiger charge is -2.22. The van der Waals surface area contributed by atoms with E-state index in [-0.39, 0.29) is 18.3 Å². The number of hydrogen-bond donors (Lipinski definition) is 2. The van der Waals surface area contributed by atoms with Gasteiger partial charge in [-0.05, 0) is 73.0 Å². The minimum Gasteiger partial charge on any atom is -0.497 e. The van der Waals surface area contributed by atoms with Gasteiger partial charge in [-0.25, -0.2) is 0 Å². The first-order valence-corrected chi connectivity index (χ1v) is 8.11. The predicted molar refractivity (Wildman–Crippen MR) is 96.4 cm³/mol. The zero-order valence-electron chi connectivity index (χ0n) is 12.2. The predicted octanol–water partition coefficient (Wildman–Crippen LogP) is 3.44. The summed E-state index contributed by atoms with van der Waals surface area (Å²) < 4.78 is 6.21. The molecule has 1 fully saturated rings. The van der Waals surface area contributed by atoms with Crippen LogP contribution in [-0.2, 0) is 4.79 Å². The van der Waals surface area contributed by atoms with Crippen molar-refractivity contribution in [3.8, 4) is 5.75 Å². The molecule has 2 rings (SSSR count). The van der Waals surface area contributed by atoms with E-state index in [4.69, 9.17) is 4.74 Å². The summed E-state index contributed by atoms with van der Waals surface area (Å²) in [5.74, 6) is 1.54. The van der Waals surface area contributed by atoms with Crippen molar-refractivity contribution in [2.24, 2.45) is 5.92 Å². The van der Waals surface area contributed by atoms with E-state index in [9.17, 15) is 4.79 Å². The van der Waals surface area contributed by atoms with Crippen LogP contribution in [0, 0.1) is 9.49 Å². The third-order valence-electron chi connectivity index (χ3n) is 3.69. The number of benzene rings is 1. The Balaban J connectivity index is 0.00000220. The highest BCUT2D eigenvalue weighted by atomic mass is 127. The van der Waals surface area contributed by atoms with Crippen LogP contribution < -0.4 is 15.4 Å². The monoisotopic (exact) mass is 424 g/mol. The molecule has 0 aliphatic carbocycles. The molecule has 1 amide bonds. The molecule has 4 nitrogen and oxygen atoms in total. The van der Waals surface area contributed by atoms with Crippen molar-refractivity contribution in [3.05, 3.63) is 21.8 Å². The van der Waals surface area contributed by atoms with E-state index in [1.807, 2.05) is 18.2 Å². The molecule has 0 radical (unpaired) electrons. The van der Waals surface area contributed by atoms with Crippen molar-refractivity contribution in [2.45, 2.75) is 25.7 Å². The molecule has 1 aromatic rings. The highest BCUT2D eigenvalue weighted by Gasteiger charge is 2.15. The lowest BCUT2D eigenvalue weighted by molar-refractivity contribution is -0.116. The molecular formula is C15H22ClIN2O2. The van der Waals surface area contributed by atoms with Gasteiger partial charge in [-0.3, -0.25) is 4.79 Å². The first-order valence-electron chi connectivity index (χ1n) is 7.03. The molecule has 0 bridgehead atoms. The van der Waals surface area contributed by atoms with Crippen LogP contribution in [0.5, 0.6) is 5.75 Å². The Morgan fingerprint density at radius 2 is 2.14 bits per heavy atom. The third kappa shape index (κ3) is 6.00. The standard InChI is InChI=1S/C15H21IN2O2.ClH/c1-20-12-3-4-13(16)14(10-12)18-15(19)5-2-11-6-8-17-9-7-11;/h3-4,10-11,17H,2,5-9H2,1H3,(H,18,19);1H. The van der Waals surface area contributed by atoms with Gasteiger partial charge in [0, 0.05) is 16.1 Å². The van der Waals surface area contributed by atoms with E-state index in [0.717, 1.165) is 34.5 Å². The van der Waals surface area contributed by atoms with E-state index in [1.165, 1.54) is 12.8 Å². The van der Waals surface area contributed by atoms with Gasteiger partial charge in [0.15, 0.2) is 0 Å². The third-order valence-corrected chi connectivity index (χ3v) is 4.63. The number of amides is 1. The SMILES string of the molecule is COc1ccc(I)c(NC(=O)CCC2CCNCC2)c1.Cl. The van der Waals surface area contributed by atoms with Gasteiger partial charge < -0.3 is 15.4 Å². The number of ether oxygens (including phenoxy) is 1. The first-order chi connectivity index (χ1) is 9.69. The number of hydrogen-bond acceptors (Lipinski definition) is 3. The largest absolute Gasteiger partial charge is 0.497 e. The highest BCUT2D eigenvalue weighted by Crippen LogP contribution is 2.24. The van der Waals surface area contributed by atoms with Crippen LogP contribution in [0.25, 0.3) is 0 Å². The molecule has 1 aromatic carbocycles. The van der Waals surface area contributed by atoms with Crippen molar-refractivity contribution >= 4 is 46.6 Å². The summed E-state index contributed by atoms with van der Waals surface area (Å²) in [6.45, 7) is 2.17. The van der Waals surface area contributed by atoms with Gasteiger partial charge in [0.05, 0.1) is 12.8 Å². The van der Waals surface area contributed by atoms with E-state index < -0.39 is 0 Å². The van der Waals surface area contributed by atoms with E-state index >= 15 is 0 Å². The second-order valence-electron chi connectivity index (χ2n) is 5.13. The number of halogens is 2. The number of carbonyl (C=O) groups excluding carboxylic acids is 1. The molecule has 1 aliphatic heterocycles. The van der Waals surface area contributed by atoms with Crippen LogP contribution in [0.1, 0.15) is 25.7 Å².